The van der Waals surface area contributed by atoms with Gasteiger partial charge in [-0.05, 0) is 29.8 Å². The quantitative estimate of drug-likeness (QED) is 0.868. The fourth-order valence-corrected chi connectivity index (χ4v) is 3.22. The fraction of sp³-hybridized carbons (Fsp3) is 0.308. The number of rotatable bonds is 3. The predicted molar refractivity (Wildman–Crippen MR) is 78.2 cm³/mol. The summed E-state index contributed by atoms with van der Waals surface area (Å²) >= 11 is 5.95. The topological polar surface area (TPSA) is 57.6 Å². The number of anilines is 1. The number of carbonyl (C=O) groups is 1. The third-order valence-electron chi connectivity index (χ3n) is 2.91. The highest BCUT2D eigenvalue weighted by atomic mass is 35.5. The Morgan fingerprint density at radius 3 is 2.68 bits per heavy atom. The third kappa shape index (κ3) is 3.81. The first-order valence-corrected chi connectivity index (χ1v) is 7.73. The van der Waals surface area contributed by atoms with Gasteiger partial charge in [0.15, 0.2) is 0 Å². The summed E-state index contributed by atoms with van der Waals surface area (Å²) in [5.74, 6) is 0.292. The monoisotopic (exact) mass is 299 g/mol. The first kappa shape index (κ1) is 14.1. The van der Waals surface area contributed by atoms with Crippen molar-refractivity contribution in [3.8, 4) is 0 Å². The summed E-state index contributed by atoms with van der Waals surface area (Å²) in [4.78, 5) is 12.7. The van der Waals surface area contributed by atoms with Crippen molar-refractivity contribution < 1.29 is 14.1 Å². The van der Waals surface area contributed by atoms with Crippen molar-refractivity contribution in [1.29, 1.82) is 0 Å². The van der Waals surface area contributed by atoms with Crippen LogP contribution in [-0.4, -0.2) is 39.9 Å². The molecular weight excluding hydrogens is 286 g/mol. The Morgan fingerprint density at radius 2 is 2.05 bits per heavy atom. The Kier molecular flexibility index (Phi) is 4.61. The molecule has 0 bridgehead atoms. The highest BCUT2D eigenvalue weighted by Gasteiger charge is 2.17. The number of benzene rings is 1. The Morgan fingerprint density at radius 1 is 1.37 bits per heavy atom. The zero-order valence-electron chi connectivity index (χ0n) is 10.2. The number of carboxylic acid groups (broad SMARTS) is 1. The van der Waals surface area contributed by atoms with Gasteiger partial charge in [-0.25, -0.2) is 4.79 Å². The van der Waals surface area contributed by atoms with E-state index in [2.05, 4.69) is 4.90 Å². The van der Waals surface area contributed by atoms with Crippen molar-refractivity contribution in [2.75, 3.05) is 29.5 Å². The van der Waals surface area contributed by atoms with Crippen LogP contribution in [0.5, 0.6) is 0 Å². The van der Waals surface area contributed by atoms with Gasteiger partial charge in [-0.3, -0.25) is 4.21 Å². The van der Waals surface area contributed by atoms with Crippen molar-refractivity contribution in [2.24, 2.45) is 0 Å². The number of aliphatic carboxylic acids is 1. The highest BCUT2D eigenvalue weighted by Crippen LogP contribution is 2.26. The molecule has 1 heterocycles. The molecule has 102 valence electrons. The number of hydrogen-bond acceptors (Lipinski definition) is 3. The van der Waals surface area contributed by atoms with E-state index in [0.29, 0.717) is 29.6 Å². The molecule has 1 aliphatic heterocycles. The molecule has 1 aliphatic rings. The maximum absolute atomic E-state index is 11.4. The second kappa shape index (κ2) is 6.21. The third-order valence-corrected chi connectivity index (χ3v) is 4.42. The summed E-state index contributed by atoms with van der Waals surface area (Å²) < 4.78 is 11.4. The lowest BCUT2D eigenvalue weighted by atomic mass is 10.1. The van der Waals surface area contributed by atoms with E-state index in [1.165, 1.54) is 6.08 Å². The van der Waals surface area contributed by atoms with Crippen molar-refractivity contribution in [3.63, 3.8) is 0 Å². The van der Waals surface area contributed by atoms with E-state index >= 15 is 0 Å². The van der Waals surface area contributed by atoms with Gasteiger partial charge in [-0.15, -0.1) is 0 Å². The summed E-state index contributed by atoms with van der Waals surface area (Å²) in [5.41, 5.74) is 1.70. The van der Waals surface area contributed by atoms with Crippen molar-refractivity contribution in [2.45, 2.75) is 0 Å². The highest BCUT2D eigenvalue weighted by molar-refractivity contribution is 7.85. The average molecular weight is 300 g/mol. The molecule has 1 fully saturated rings. The largest absolute Gasteiger partial charge is 0.478 e. The molecule has 2 rings (SSSR count). The molecular formula is C13H14ClNO3S. The zero-order valence-corrected chi connectivity index (χ0v) is 11.8. The van der Waals surface area contributed by atoms with Gasteiger partial charge in [0.2, 0.25) is 0 Å². The molecule has 0 amide bonds. The van der Waals surface area contributed by atoms with Gasteiger partial charge < -0.3 is 10.0 Å². The normalized spacial score (nSPS) is 17.0. The predicted octanol–water partition coefficient (Wildman–Crippen LogP) is 2.01. The molecule has 0 radical (unpaired) electrons. The van der Waals surface area contributed by atoms with Gasteiger partial charge >= 0.3 is 5.97 Å². The van der Waals surface area contributed by atoms with Gasteiger partial charge in [0.25, 0.3) is 0 Å². The lowest BCUT2D eigenvalue weighted by molar-refractivity contribution is -0.131. The minimum absolute atomic E-state index is 0.564. The van der Waals surface area contributed by atoms with Crippen LogP contribution in [-0.2, 0) is 15.6 Å². The van der Waals surface area contributed by atoms with Gasteiger partial charge in [0, 0.05) is 52.2 Å². The van der Waals surface area contributed by atoms with Crippen LogP contribution >= 0.6 is 11.6 Å². The first-order valence-electron chi connectivity index (χ1n) is 5.87. The molecule has 1 aromatic carbocycles. The van der Waals surface area contributed by atoms with E-state index in [9.17, 15) is 9.00 Å². The number of halogens is 1. The minimum atomic E-state index is -0.995. The Labute approximate surface area is 119 Å². The second-order valence-corrected chi connectivity index (χ2v) is 6.34. The molecule has 6 heteroatoms. The molecule has 0 saturated carbocycles. The summed E-state index contributed by atoms with van der Waals surface area (Å²) in [6.45, 7) is 1.42. The van der Waals surface area contributed by atoms with Gasteiger partial charge in [-0.2, -0.15) is 0 Å². The summed E-state index contributed by atoms with van der Waals surface area (Å²) in [7, 11) is -0.737. The maximum Gasteiger partial charge on any atom is 0.328 e. The van der Waals surface area contributed by atoms with Crippen LogP contribution in [0.3, 0.4) is 0 Å². The van der Waals surface area contributed by atoms with E-state index in [1.807, 2.05) is 6.07 Å². The Bertz CT molecular complexity index is 535. The van der Waals surface area contributed by atoms with Crippen LogP contribution < -0.4 is 4.90 Å². The minimum Gasteiger partial charge on any atom is -0.478 e. The standard InChI is InChI=1S/C13H14ClNO3S/c14-11-2-3-12(10(9-11)1-4-13(16)17)15-5-7-19(18)8-6-15/h1-4,9H,5-8H2,(H,16,17)/b4-1+. The van der Waals surface area contributed by atoms with Crippen LogP contribution in [0.2, 0.25) is 5.02 Å². The lowest BCUT2D eigenvalue weighted by Crippen LogP contribution is -2.38. The van der Waals surface area contributed by atoms with Crippen molar-refractivity contribution in [1.82, 2.24) is 0 Å². The van der Waals surface area contributed by atoms with E-state index in [4.69, 9.17) is 16.7 Å². The average Bonchev–Trinajstić information content (AvgIpc) is 2.38. The SMILES string of the molecule is O=C(O)/C=C/c1cc(Cl)ccc1N1CCS(=O)CC1. The van der Waals surface area contributed by atoms with Crippen LogP contribution in [0, 0.1) is 0 Å². The van der Waals surface area contributed by atoms with Crippen LogP contribution in [0.25, 0.3) is 6.08 Å². The first-order chi connectivity index (χ1) is 9.06. The lowest BCUT2D eigenvalue weighted by Gasteiger charge is -2.29. The summed E-state index contributed by atoms with van der Waals surface area (Å²) in [6.07, 6.45) is 2.63. The van der Waals surface area contributed by atoms with Crippen LogP contribution in [0.15, 0.2) is 24.3 Å². The van der Waals surface area contributed by atoms with E-state index in [1.54, 1.807) is 12.1 Å². The number of carboxylic acids is 1. The van der Waals surface area contributed by atoms with E-state index < -0.39 is 16.8 Å². The maximum atomic E-state index is 11.4. The molecule has 4 nitrogen and oxygen atoms in total. The summed E-state index contributed by atoms with van der Waals surface area (Å²) in [6, 6.07) is 5.39. The molecule has 0 aliphatic carbocycles. The van der Waals surface area contributed by atoms with Crippen LogP contribution in [0.1, 0.15) is 5.56 Å². The molecule has 1 saturated heterocycles. The molecule has 1 N–H and O–H groups in total. The van der Waals surface area contributed by atoms with Gasteiger partial charge in [0.05, 0.1) is 0 Å². The molecule has 0 atom stereocenters. The van der Waals surface area contributed by atoms with Crippen molar-refractivity contribution >= 4 is 40.1 Å². The molecule has 19 heavy (non-hydrogen) atoms. The smallest absolute Gasteiger partial charge is 0.328 e. The van der Waals surface area contributed by atoms with Crippen molar-refractivity contribution in [3.05, 3.63) is 34.9 Å². The summed E-state index contributed by atoms with van der Waals surface area (Å²) in [5, 5.41) is 9.27. The second-order valence-electron chi connectivity index (χ2n) is 4.21. The molecule has 0 spiro atoms. The molecule has 1 aromatic rings. The number of hydrogen-bond donors (Lipinski definition) is 1. The van der Waals surface area contributed by atoms with Crippen LogP contribution in [0.4, 0.5) is 5.69 Å². The molecule has 0 unspecified atom stereocenters. The fourth-order valence-electron chi connectivity index (χ4n) is 1.99. The Balaban J connectivity index is 2.28. The van der Waals surface area contributed by atoms with E-state index in [0.717, 1.165) is 17.3 Å². The van der Waals surface area contributed by atoms with E-state index in [-0.39, 0.29) is 0 Å². The Hall–Kier alpha value is -1.33. The zero-order chi connectivity index (χ0) is 13.8. The molecule has 0 aromatic heterocycles. The number of nitrogens with zero attached hydrogens (tertiary/aromatic N) is 1. The van der Waals surface area contributed by atoms with Gasteiger partial charge in [-0.1, -0.05) is 11.6 Å². The van der Waals surface area contributed by atoms with Gasteiger partial charge in [0.1, 0.15) is 0 Å².